The van der Waals surface area contributed by atoms with Crippen LogP contribution in [0.15, 0.2) is 18.2 Å². The van der Waals surface area contributed by atoms with Crippen LogP contribution in [0.3, 0.4) is 0 Å². The minimum Gasteiger partial charge on any atom is -0.367 e. The van der Waals surface area contributed by atoms with E-state index in [1.54, 1.807) is 12.1 Å². The van der Waals surface area contributed by atoms with Crippen LogP contribution in [-0.2, 0) is 9.53 Å². The minimum atomic E-state index is -0.738. The van der Waals surface area contributed by atoms with Crippen LogP contribution >= 0.6 is 11.6 Å². The molecule has 1 aliphatic heterocycles. The van der Waals surface area contributed by atoms with E-state index in [-0.39, 0.29) is 10.9 Å². The molecule has 1 heterocycles. The van der Waals surface area contributed by atoms with Gasteiger partial charge >= 0.3 is 0 Å². The molecule has 0 aromatic heterocycles. The fraction of sp³-hybridized carbons (Fsp3) is 0.300. The fourth-order valence-corrected chi connectivity index (χ4v) is 1.81. The van der Waals surface area contributed by atoms with E-state index in [4.69, 9.17) is 22.1 Å². The Kier molecular flexibility index (Phi) is 2.63. The number of halogens is 2. The van der Waals surface area contributed by atoms with E-state index in [1.165, 1.54) is 6.07 Å². The van der Waals surface area contributed by atoms with Crippen molar-refractivity contribution < 1.29 is 13.9 Å². The summed E-state index contributed by atoms with van der Waals surface area (Å²) in [7, 11) is 0. The van der Waals surface area contributed by atoms with E-state index in [2.05, 4.69) is 0 Å². The zero-order valence-electron chi connectivity index (χ0n) is 7.74. The summed E-state index contributed by atoms with van der Waals surface area (Å²) < 4.78 is 18.5. The molecule has 0 aliphatic carbocycles. The first kappa shape index (κ1) is 10.4. The summed E-state index contributed by atoms with van der Waals surface area (Å²) in [5.74, 6) is -1.40. The van der Waals surface area contributed by atoms with E-state index in [1.807, 2.05) is 0 Å². The van der Waals surface area contributed by atoms with Gasteiger partial charge in [0.1, 0.15) is 11.9 Å². The van der Waals surface area contributed by atoms with Gasteiger partial charge < -0.3 is 10.5 Å². The van der Waals surface area contributed by atoms with Crippen LogP contribution in [0, 0.1) is 5.82 Å². The van der Waals surface area contributed by atoms with Crippen LogP contribution in [-0.4, -0.2) is 18.6 Å². The Morgan fingerprint density at radius 2 is 2.33 bits per heavy atom. The molecule has 0 spiro atoms. The van der Waals surface area contributed by atoms with Crippen molar-refractivity contribution in [3.8, 4) is 0 Å². The number of rotatable bonds is 2. The summed E-state index contributed by atoms with van der Waals surface area (Å²) in [6.07, 6.45) is -0.738. The van der Waals surface area contributed by atoms with Crippen LogP contribution in [0.4, 0.5) is 4.39 Å². The third kappa shape index (κ3) is 1.70. The molecule has 3 nitrogen and oxygen atoms in total. The first-order valence-corrected chi connectivity index (χ1v) is 4.84. The highest BCUT2D eigenvalue weighted by Crippen LogP contribution is 2.34. The number of primary amides is 1. The molecule has 15 heavy (non-hydrogen) atoms. The Morgan fingerprint density at radius 1 is 1.60 bits per heavy atom. The SMILES string of the molecule is NC(=O)C1OCC1c1cccc(Cl)c1F. The molecule has 0 bridgehead atoms. The van der Waals surface area contributed by atoms with Gasteiger partial charge in [-0.3, -0.25) is 4.79 Å². The third-order valence-electron chi connectivity index (χ3n) is 2.48. The van der Waals surface area contributed by atoms with Gasteiger partial charge in [0.25, 0.3) is 0 Å². The van der Waals surface area contributed by atoms with Crippen molar-refractivity contribution in [1.82, 2.24) is 0 Å². The largest absolute Gasteiger partial charge is 0.367 e. The van der Waals surface area contributed by atoms with E-state index < -0.39 is 17.8 Å². The number of nitrogens with two attached hydrogens (primary N) is 1. The highest BCUT2D eigenvalue weighted by atomic mass is 35.5. The zero-order valence-corrected chi connectivity index (χ0v) is 8.50. The average Bonchev–Trinajstić information content (AvgIpc) is 2.10. The van der Waals surface area contributed by atoms with Crippen molar-refractivity contribution in [2.75, 3.05) is 6.61 Å². The Hall–Kier alpha value is -1.13. The highest BCUT2D eigenvalue weighted by Gasteiger charge is 2.39. The predicted octanol–water partition coefficient (Wildman–Crippen LogP) is 1.45. The maximum Gasteiger partial charge on any atom is 0.247 e. The average molecular weight is 230 g/mol. The molecule has 0 saturated carbocycles. The monoisotopic (exact) mass is 229 g/mol. The normalized spacial score (nSPS) is 24.7. The minimum absolute atomic E-state index is 0.0441. The molecule has 1 aromatic carbocycles. The Bertz CT molecular complexity index is 410. The van der Waals surface area contributed by atoms with Crippen LogP contribution in [0.2, 0.25) is 5.02 Å². The summed E-state index contributed by atoms with van der Waals surface area (Å²) in [6.45, 7) is 0.296. The summed E-state index contributed by atoms with van der Waals surface area (Å²) >= 11 is 5.63. The Labute approximate surface area is 91.0 Å². The van der Waals surface area contributed by atoms with Gasteiger partial charge in [-0.05, 0) is 11.6 Å². The van der Waals surface area contributed by atoms with Gasteiger partial charge in [-0.25, -0.2) is 4.39 Å². The topological polar surface area (TPSA) is 52.3 Å². The lowest BCUT2D eigenvalue weighted by Crippen LogP contribution is -2.47. The van der Waals surface area contributed by atoms with E-state index in [9.17, 15) is 9.18 Å². The van der Waals surface area contributed by atoms with Gasteiger partial charge in [0, 0.05) is 5.92 Å². The van der Waals surface area contributed by atoms with E-state index in [0.717, 1.165) is 0 Å². The number of benzene rings is 1. The highest BCUT2D eigenvalue weighted by molar-refractivity contribution is 6.30. The first-order valence-electron chi connectivity index (χ1n) is 4.46. The second kappa shape index (κ2) is 3.79. The van der Waals surface area contributed by atoms with Crippen LogP contribution in [0.25, 0.3) is 0 Å². The van der Waals surface area contributed by atoms with Crippen LogP contribution in [0.5, 0.6) is 0 Å². The smallest absolute Gasteiger partial charge is 0.247 e. The third-order valence-corrected chi connectivity index (χ3v) is 2.77. The molecule has 1 amide bonds. The lowest BCUT2D eigenvalue weighted by molar-refractivity contribution is -0.146. The molecule has 2 rings (SSSR count). The number of carbonyl (C=O) groups is 1. The van der Waals surface area contributed by atoms with Gasteiger partial charge in [0.15, 0.2) is 0 Å². The fourth-order valence-electron chi connectivity index (χ4n) is 1.63. The van der Waals surface area contributed by atoms with Crippen LogP contribution < -0.4 is 5.73 Å². The number of hydrogen-bond acceptors (Lipinski definition) is 2. The first-order chi connectivity index (χ1) is 7.11. The van der Waals surface area contributed by atoms with Crippen molar-refractivity contribution in [2.45, 2.75) is 12.0 Å². The molecule has 80 valence electrons. The quantitative estimate of drug-likeness (QED) is 0.835. The van der Waals surface area contributed by atoms with Crippen molar-refractivity contribution in [3.63, 3.8) is 0 Å². The van der Waals surface area contributed by atoms with Crippen molar-refractivity contribution in [3.05, 3.63) is 34.6 Å². The summed E-state index contributed by atoms with van der Waals surface area (Å²) in [4.78, 5) is 10.9. The number of ether oxygens (including phenoxy) is 1. The van der Waals surface area contributed by atoms with Gasteiger partial charge in [-0.15, -0.1) is 0 Å². The maximum absolute atomic E-state index is 13.6. The lowest BCUT2D eigenvalue weighted by Gasteiger charge is -2.34. The summed E-state index contributed by atoms with van der Waals surface area (Å²) in [5, 5.41) is 0.0441. The lowest BCUT2D eigenvalue weighted by atomic mass is 9.89. The summed E-state index contributed by atoms with van der Waals surface area (Å²) in [5.41, 5.74) is 5.48. The van der Waals surface area contributed by atoms with Crippen molar-refractivity contribution >= 4 is 17.5 Å². The molecular weight excluding hydrogens is 221 g/mol. The summed E-state index contributed by atoms with van der Waals surface area (Å²) in [6, 6.07) is 4.68. The van der Waals surface area contributed by atoms with E-state index >= 15 is 0 Å². The van der Waals surface area contributed by atoms with Gasteiger partial charge in [-0.1, -0.05) is 23.7 Å². The van der Waals surface area contributed by atoms with E-state index in [0.29, 0.717) is 12.2 Å². The molecule has 1 aromatic rings. The molecule has 1 saturated heterocycles. The van der Waals surface area contributed by atoms with Gasteiger partial charge in [-0.2, -0.15) is 0 Å². The zero-order chi connectivity index (χ0) is 11.0. The van der Waals surface area contributed by atoms with Gasteiger partial charge in [0.05, 0.1) is 11.6 Å². The number of carbonyl (C=O) groups excluding carboxylic acids is 1. The molecule has 1 fully saturated rings. The predicted molar refractivity (Wildman–Crippen MR) is 53.1 cm³/mol. The molecular formula is C10H9ClFNO2. The maximum atomic E-state index is 13.6. The molecule has 2 N–H and O–H groups in total. The number of hydrogen-bond donors (Lipinski definition) is 1. The second-order valence-corrected chi connectivity index (χ2v) is 3.81. The Morgan fingerprint density at radius 3 is 2.87 bits per heavy atom. The molecule has 1 aliphatic rings. The molecule has 5 heteroatoms. The van der Waals surface area contributed by atoms with Gasteiger partial charge in [0.2, 0.25) is 5.91 Å². The van der Waals surface area contributed by atoms with Crippen molar-refractivity contribution in [2.24, 2.45) is 5.73 Å². The number of amides is 1. The Balaban J connectivity index is 2.31. The second-order valence-electron chi connectivity index (χ2n) is 3.41. The molecule has 0 radical (unpaired) electrons. The molecule has 2 atom stereocenters. The molecule has 2 unspecified atom stereocenters. The van der Waals surface area contributed by atoms with Crippen molar-refractivity contribution in [1.29, 1.82) is 0 Å². The van der Waals surface area contributed by atoms with Crippen LogP contribution in [0.1, 0.15) is 11.5 Å². The standard InChI is InChI=1S/C10H9ClFNO2/c11-7-3-1-2-5(8(7)12)6-4-15-9(6)10(13)14/h1-3,6,9H,4H2,(H2,13,14).